The zero-order valence-electron chi connectivity index (χ0n) is 6.03. The molecule has 0 spiro atoms. The van der Waals surface area contributed by atoms with E-state index in [0.717, 1.165) is 12.1 Å². The number of rotatable bonds is 1. The number of halogens is 1. The van der Waals surface area contributed by atoms with Crippen LogP contribution in [0.2, 0.25) is 0 Å². The number of nitrogens with zero attached hydrogens (tertiary/aromatic N) is 1. The van der Waals surface area contributed by atoms with Gasteiger partial charge in [0.2, 0.25) is 0 Å². The number of hydrogen-bond donors (Lipinski definition) is 2. The zero-order valence-corrected chi connectivity index (χ0v) is 6.03. The van der Waals surface area contributed by atoms with Crippen LogP contribution in [0.5, 0.6) is 0 Å². The first-order valence-corrected chi connectivity index (χ1v) is 3.21. The highest BCUT2D eigenvalue weighted by molar-refractivity contribution is 6.59. The Morgan fingerprint density at radius 2 is 2.08 bits per heavy atom. The number of hydrogen-bond acceptors (Lipinski definition) is 3. The Morgan fingerprint density at radius 1 is 1.42 bits per heavy atom. The summed E-state index contributed by atoms with van der Waals surface area (Å²) in [5.41, 5.74) is -0.0519. The van der Waals surface area contributed by atoms with Crippen molar-refractivity contribution in [1.29, 1.82) is 5.26 Å². The Kier molecular flexibility index (Phi) is 2.43. The fourth-order valence-corrected chi connectivity index (χ4v) is 0.849. The fourth-order valence-electron chi connectivity index (χ4n) is 0.849. The summed E-state index contributed by atoms with van der Waals surface area (Å²) in [5, 5.41) is 25.9. The largest absolute Gasteiger partial charge is 0.489 e. The minimum Gasteiger partial charge on any atom is -0.423 e. The van der Waals surface area contributed by atoms with E-state index in [4.69, 9.17) is 15.3 Å². The molecule has 0 amide bonds. The predicted octanol–water partition coefficient (Wildman–Crippen LogP) is -0.623. The molecule has 0 radical (unpaired) electrons. The highest BCUT2D eigenvalue weighted by Crippen LogP contribution is 1.99. The lowest BCUT2D eigenvalue weighted by Crippen LogP contribution is -2.32. The molecule has 0 aliphatic rings. The normalized spacial score (nSPS) is 9.17. The standard InChI is InChI=1S/C7H5BFNO2/c9-6-2-1-5(4-10)7(3-6)8(11)12/h1-3,11-12H. The molecule has 0 fully saturated rings. The first-order valence-electron chi connectivity index (χ1n) is 3.21. The van der Waals surface area contributed by atoms with E-state index in [9.17, 15) is 4.39 Å². The van der Waals surface area contributed by atoms with Crippen LogP contribution in [0.4, 0.5) is 4.39 Å². The van der Waals surface area contributed by atoms with Crippen LogP contribution in [0, 0.1) is 17.1 Å². The smallest absolute Gasteiger partial charge is 0.423 e. The molecule has 3 nitrogen and oxygen atoms in total. The van der Waals surface area contributed by atoms with E-state index in [1.165, 1.54) is 6.07 Å². The third kappa shape index (κ3) is 1.61. The molecule has 0 heterocycles. The molecule has 0 saturated carbocycles. The Labute approximate surface area is 68.8 Å². The second kappa shape index (κ2) is 3.35. The van der Waals surface area contributed by atoms with E-state index in [2.05, 4.69) is 0 Å². The van der Waals surface area contributed by atoms with Gasteiger partial charge in [0.1, 0.15) is 5.82 Å². The third-order valence-corrected chi connectivity index (χ3v) is 1.41. The van der Waals surface area contributed by atoms with Gasteiger partial charge in [-0.3, -0.25) is 0 Å². The van der Waals surface area contributed by atoms with Gasteiger partial charge in [-0.25, -0.2) is 4.39 Å². The first-order chi connectivity index (χ1) is 5.65. The number of nitriles is 1. The molecule has 0 atom stereocenters. The maximum absolute atomic E-state index is 12.5. The molecule has 1 aromatic rings. The van der Waals surface area contributed by atoms with Crippen LogP contribution in [0.15, 0.2) is 18.2 Å². The first kappa shape index (κ1) is 8.72. The molecule has 5 heteroatoms. The maximum Gasteiger partial charge on any atom is 0.489 e. The summed E-state index contributed by atoms with van der Waals surface area (Å²) in [5.74, 6) is -0.600. The molecule has 1 rings (SSSR count). The lowest BCUT2D eigenvalue weighted by molar-refractivity contribution is 0.425. The molecule has 0 saturated heterocycles. The quantitative estimate of drug-likeness (QED) is 0.544. The SMILES string of the molecule is N#Cc1ccc(F)cc1B(O)O. The summed E-state index contributed by atoms with van der Waals surface area (Å²) in [7, 11) is -1.81. The van der Waals surface area contributed by atoms with Crippen molar-refractivity contribution in [1.82, 2.24) is 0 Å². The molecular formula is C7H5BFNO2. The van der Waals surface area contributed by atoms with Crippen LogP contribution in [0.25, 0.3) is 0 Å². The molecule has 60 valence electrons. The van der Waals surface area contributed by atoms with Crippen LogP contribution in [-0.2, 0) is 0 Å². The Hall–Kier alpha value is -1.38. The van der Waals surface area contributed by atoms with Crippen molar-refractivity contribution in [2.24, 2.45) is 0 Å². The van der Waals surface area contributed by atoms with E-state index >= 15 is 0 Å². The molecule has 12 heavy (non-hydrogen) atoms. The molecule has 0 unspecified atom stereocenters. The Bertz CT molecular complexity index is 335. The monoisotopic (exact) mass is 165 g/mol. The van der Waals surface area contributed by atoms with Crippen LogP contribution in [-0.4, -0.2) is 17.2 Å². The molecule has 0 bridgehead atoms. The van der Waals surface area contributed by atoms with Crippen LogP contribution >= 0.6 is 0 Å². The van der Waals surface area contributed by atoms with Gasteiger partial charge in [-0.05, 0) is 18.2 Å². The van der Waals surface area contributed by atoms with Crippen molar-refractivity contribution >= 4 is 12.6 Å². The fraction of sp³-hybridized carbons (Fsp3) is 0. The highest BCUT2D eigenvalue weighted by atomic mass is 19.1. The Morgan fingerprint density at radius 3 is 2.58 bits per heavy atom. The van der Waals surface area contributed by atoms with Gasteiger partial charge < -0.3 is 10.0 Å². The summed E-state index contributed by atoms with van der Waals surface area (Å²) >= 11 is 0. The predicted molar refractivity (Wildman–Crippen MR) is 40.9 cm³/mol. The van der Waals surface area contributed by atoms with E-state index in [1.807, 2.05) is 0 Å². The highest BCUT2D eigenvalue weighted by Gasteiger charge is 2.16. The van der Waals surface area contributed by atoms with Crippen molar-refractivity contribution in [3.05, 3.63) is 29.6 Å². The van der Waals surface area contributed by atoms with Crippen molar-refractivity contribution in [2.75, 3.05) is 0 Å². The van der Waals surface area contributed by atoms with Crippen molar-refractivity contribution in [2.45, 2.75) is 0 Å². The second-order valence-electron chi connectivity index (χ2n) is 2.22. The van der Waals surface area contributed by atoms with E-state index in [1.54, 1.807) is 6.07 Å². The van der Waals surface area contributed by atoms with Crippen molar-refractivity contribution < 1.29 is 14.4 Å². The van der Waals surface area contributed by atoms with Gasteiger partial charge in [-0.15, -0.1) is 0 Å². The van der Waals surface area contributed by atoms with Gasteiger partial charge in [0.15, 0.2) is 0 Å². The average Bonchev–Trinajstić information content (AvgIpc) is 2.04. The third-order valence-electron chi connectivity index (χ3n) is 1.41. The van der Waals surface area contributed by atoms with E-state index in [0.29, 0.717) is 0 Å². The van der Waals surface area contributed by atoms with Crippen LogP contribution < -0.4 is 5.46 Å². The van der Waals surface area contributed by atoms with Crippen LogP contribution in [0.3, 0.4) is 0 Å². The van der Waals surface area contributed by atoms with Crippen molar-refractivity contribution in [3.63, 3.8) is 0 Å². The van der Waals surface area contributed by atoms with Gasteiger partial charge in [0.25, 0.3) is 0 Å². The van der Waals surface area contributed by atoms with Crippen molar-refractivity contribution in [3.8, 4) is 6.07 Å². The topological polar surface area (TPSA) is 64.2 Å². The molecule has 0 aliphatic heterocycles. The lowest BCUT2D eigenvalue weighted by Gasteiger charge is -2.00. The van der Waals surface area contributed by atoms with E-state index < -0.39 is 12.9 Å². The molecular weight excluding hydrogens is 160 g/mol. The van der Waals surface area contributed by atoms with Gasteiger partial charge in [0.05, 0.1) is 11.6 Å². The molecule has 0 aromatic heterocycles. The molecule has 2 N–H and O–H groups in total. The maximum atomic E-state index is 12.5. The molecule has 1 aromatic carbocycles. The summed E-state index contributed by atoms with van der Waals surface area (Å²) < 4.78 is 12.5. The summed E-state index contributed by atoms with van der Waals surface area (Å²) in [6.45, 7) is 0. The summed E-state index contributed by atoms with van der Waals surface area (Å²) in [6.07, 6.45) is 0. The second-order valence-corrected chi connectivity index (χ2v) is 2.22. The van der Waals surface area contributed by atoms with Gasteiger partial charge in [-0.2, -0.15) is 5.26 Å². The molecule has 0 aliphatic carbocycles. The van der Waals surface area contributed by atoms with Gasteiger partial charge in [-0.1, -0.05) is 0 Å². The minimum atomic E-state index is -1.81. The summed E-state index contributed by atoms with van der Waals surface area (Å²) in [4.78, 5) is 0. The average molecular weight is 165 g/mol. The van der Waals surface area contributed by atoms with Crippen LogP contribution in [0.1, 0.15) is 5.56 Å². The van der Waals surface area contributed by atoms with Gasteiger partial charge >= 0.3 is 7.12 Å². The van der Waals surface area contributed by atoms with Gasteiger partial charge in [0, 0.05) is 5.46 Å². The Balaban J connectivity index is 3.24. The van der Waals surface area contributed by atoms with E-state index in [-0.39, 0.29) is 11.0 Å². The number of benzene rings is 1. The minimum absolute atomic E-state index is 0.0615. The summed E-state index contributed by atoms with van der Waals surface area (Å²) in [6, 6.07) is 4.92. The zero-order chi connectivity index (χ0) is 9.14. The lowest BCUT2D eigenvalue weighted by atomic mass is 9.77.